The van der Waals surface area contributed by atoms with Crippen LogP contribution in [0.25, 0.3) is 0 Å². The van der Waals surface area contributed by atoms with E-state index in [1.807, 2.05) is 0 Å². The largest absolute Gasteiger partial charge is 0.447 e. The molecule has 4 heterocycles. The standard InChI is InChI=1S/C17H19F4N5O3/c1-10-8-28-5-4-24(10)14-13(18)15(27)25-3-2-12(17(19,20)21)26(16(25)23-14)7-11-6-22-9-29-11/h6,9-10,12H,2-5,7-8H2,1H3. The van der Waals surface area contributed by atoms with Gasteiger partial charge in [-0.2, -0.15) is 22.5 Å². The second kappa shape index (κ2) is 7.32. The van der Waals surface area contributed by atoms with Crippen molar-refractivity contribution in [3.05, 3.63) is 34.5 Å². The number of hydrogen-bond donors (Lipinski definition) is 0. The average Bonchev–Trinajstić information content (AvgIpc) is 3.18. The fourth-order valence-corrected chi connectivity index (χ4v) is 3.72. The molecule has 158 valence electrons. The summed E-state index contributed by atoms with van der Waals surface area (Å²) >= 11 is 0. The molecular weight excluding hydrogens is 398 g/mol. The SMILES string of the molecule is CC1COCCN1c1nc2n(c(=O)c1F)CCC(C(F)(F)F)N2Cc1cnco1. The molecule has 2 aromatic rings. The lowest BCUT2D eigenvalue weighted by molar-refractivity contribution is -0.153. The summed E-state index contributed by atoms with van der Waals surface area (Å²) in [5, 5.41) is 0. The molecule has 0 N–H and O–H groups in total. The summed E-state index contributed by atoms with van der Waals surface area (Å²) in [4.78, 5) is 23.0. The Bertz CT molecular complexity index is 930. The Labute approximate surface area is 162 Å². The van der Waals surface area contributed by atoms with Gasteiger partial charge in [-0.1, -0.05) is 0 Å². The van der Waals surface area contributed by atoms with Crippen LogP contribution < -0.4 is 15.4 Å². The topological polar surface area (TPSA) is 76.6 Å². The molecule has 0 aromatic carbocycles. The third-order valence-corrected chi connectivity index (χ3v) is 5.16. The Balaban J connectivity index is 1.83. The molecule has 2 aliphatic rings. The predicted molar refractivity (Wildman–Crippen MR) is 93.2 cm³/mol. The average molecular weight is 417 g/mol. The van der Waals surface area contributed by atoms with Crippen LogP contribution in [0.3, 0.4) is 0 Å². The highest BCUT2D eigenvalue weighted by molar-refractivity contribution is 5.48. The molecule has 0 bridgehead atoms. The molecule has 1 fully saturated rings. The molecule has 0 saturated carbocycles. The van der Waals surface area contributed by atoms with Crippen molar-refractivity contribution < 1.29 is 26.7 Å². The summed E-state index contributed by atoms with van der Waals surface area (Å²) < 4.78 is 67.3. The zero-order chi connectivity index (χ0) is 20.8. The maximum absolute atomic E-state index is 14.8. The number of oxazole rings is 1. The van der Waals surface area contributed by atoms with Crippen molar-refractivity contribution in [2.24, 2.45) is 0 Å². The number of morpholine rings is 1. The minimum Gasteiger partial charge on any atom is -0.447 e. The quantitative estimate of drug-likeness (QED) is 0.707. The molecule has 0 amide bonds. The van der Waals surface area contributed by atoms with Crippen LogP contribution in [-0.2, 0) is 17.8 Å². The van der Waals surface area contributed by atoms with Crippen molar-refractivity contribution in [1.82, 2.24) is 14.5 Å². The molecule has 12 heteroatoms. The summed E-state index contributed by atoms with van der Waals surface area (Å²) in [6.07, 6.45) is -2.57. The molecule has 0 radical (unpaired) electrons. The number of ether oxygens (including phenoxy) is 1. The number of rotatable bonds is 3. The Kier molecular flexibility index (Phi) is 4.97. The van der Waals surface area contributed by atoms with Crippen LogP contribution in [-0.4, -0.2) is 52.6 Å². The van der Waals surface area contributed by atoms with Crippen LogP contribution in [0, 0.1) is 5.82 Å². The Morgan fingerprint density at radius 3 is 2.76 bits per heavy atom. The fourth-order valence-electron chi connectivity index (χ4n) is 3.72. The predicted octanol–water partition coefficient (Wildman–Crippen LogP) is 1.94. The first kappa shape index (κ1) is 19.7. The number of nitrogens with zero attached hydrogens (tertiary/aromatic N) is 5. The first-order valence-electron chi connectivity index (χ1n) is 9.13. The van der Waals surface area contributed by atoms with Gasteiger partial charge >= 0.3 is 6.18 Å². The van der Waals surface area contributed by atoms with Gasteiger partial charge in [-0.05, 0) is 13.3 Å². The highest BCUT2D eigenvalue weighted by atomic mass is 19.4. The van der Waals surface area contributed by atoms with Crippen LogP contribution in [0.5, 0.6) is 0 Å². The van der Waals surface area contributed by atoms with Crippen molar-refractivity contribution in [2.75, 3.05) is 29.6 Å². The monoisotopic (exact) mass is 417 g/mol. The smallest absolute Gasteiger partial charge is 0.408 e. The van der Waals surface area contributed by atoms with Crippen LogP contribution in [0.4, 0.5) is 29.3 Å². The molecule has 1 saturated heterocycles. The van der Waals surface area contributed by atoms with E-state index in [1.54, 1.807) is 11.8 Å². The molecule has 2 aromatic heterocycles. The highest BCUT2D eigenvalue weighted by Crippen LogP contribution is 2.36. The molecule has 0 aliphatic carbocycles. The van der Waals surface area contributed by atoms with Gasteiger partial charge in [-0.3, -0.25) is 9.36 Å². The summed E-state index contributed by atoms with van der Waals surface area (Å²) in [7, 11) is 0. The second-order valence-corrected chi connectivity index (χ2v) is 7.07. The number of halogens is 4. The number of fused-ring (bicyclic) bond motifs is 1. The number of aromatic nitrogens is 3. The van der Waals surface area contributed by atoms with Crippen molar-refractivity contribution in [3.63, 3.8) is 0 Å². The Morgan fingerprint density at radius 2 is 2.10 bits per heavy atom. The van der Waals surface area contributed by atoms with Crippen molar-refractivity contribution >= 4 is 11.8 Å². The lowest BCUT2D eigenvalue weighted by atomic mass is 10.1. The summed E-state index contributed by atoms with van der Waals surface area (Å²) in [6, 6.07) is -2.17. The molecular formula is C17H19F4N5O3. The maximum Gasteiger partial charge on any atom is 0.408 e. The van der Waals surface area contributed by atoms with E-state index in [2.05, 4.69) is 9.97 Å². The van der Waals surface area contributed by atoms with Gasteiger partial charge in [-0.25, -0.2) is 4.98 Å². The summed E-state index contributed by atoms with van der Waals surface area (Å²) in [5.41, 5.74) is -0.994. The van der Waals surface area contributed by atoms with Gasteiger partial charge in [0.1, 0.15) is 11.8 Å². The number of anilines is 2. The van der Waals surface area contributed by atoms with Gasteiger partial charge in [0.05, 0.1) is 32.0 Å². The second-order valence-electron chi connectivity index (χ2n) is 7.07. The van der Waals surface area contributed by atoms with Crippen molar-refractivity contribution in [3.8, 4) is 0 Å². The zero-order valence-electron chi connectivity index (χ0n) is 15.5. The number of alkyl halides is 3. The van der Waals surface area contributed by atoms with E-state index in [1.165, 1.54) is 6.20 Å². The molecule has 0 spiro atoms. The van der Waals surface area contributed by atoms with Gasteiger partial charge in [0.2, 0.25) is 11.8 Å². The first-order chi connectivity index (χ1) is 13.8. The van der Waals surface area contributed by atoms with Crippen LogP contribution >= 0.6 is 0 Å². The van der Waals surface area contributed by atoms with E-state index in [0.29, 0.717) is 13.2 Å². The fraction of sp³-hybridized carbons (Fsp3) is 0.588. The Hall–Kier alpha value is -2.63. The minimum atomic E-state index is -4.57. The molecule has 8 nitrogen and oxygen atoms in total. The molecule has 2 aliphatic heterocycles. The highest BCUT2D eigenvalue weighted by Gasteiger charge is 2.47. The lowest BCUT2D eigenvalue weighted by Crippen LogP contribution is -2.53. The maximum atomic E-state index is 14.8. The van der Waals surface area contributed by atoms with E-state index in [4.69, 9.17) is 9.15 Å². The van der Waals surface area contributed by atoms with E-state index >= 15 is 0 Å². The summed E-state index contributed by atoms with van der Waals surface area (Å²) in [5.74, 6) is -1.40. The van der Waals surface area contributed by atoms with Crippen LogP contribution in [0.1, 0.15) is 19.1 Å². The van der Waals surface area contributed by atoms with Gasteiger partial charge in [0, 0.05) is 13.1 Å². The third kappa shape index (κ3) is 3.56. The summed E-state index contributed by atoms with van der Waals surface area (Å²) in [6.45, 7) is 2.05. The zero-order valence-corrected chi connectivity index (χ0v) is 15.5. The Morgan fingerprint density at radius 1 is 1.31 bits per heavy atom. The molecule has 2 unspecified atom stereocenters. The van der Waals surface area contributed by atoms with E-state index in [-0.39, 0.29) is 43.2 Å². The van der Waals surface area contributed by atoms with Gasteiger partial charge in [0.25, 0.3) is 5.56 Å². The molecule has 2 atom stereocenters. The molecule has 4 rings (SSSR count). The van der Waals surface area contributed by atoms with E-state index in [9.17, 15) is 22.4 Å². The lowest BCUT2D eigenvalue weighted by Gasteiger charge is -2.40. The minimum absolute atomic E-state index is 0.174. The van der Waals surface area contributed by atoms with Crippen molar-refractivity contribution in [1.29, 1.82) is 0 Å². The van der Waals surface area contributed by atoms with Gasteiger partial charge in [-0.15, -0.1) is 0 Å². The van der Waals surface area contributed by atoms with Gasteiger partial charge in [0.15, 0.2) is 12.2 Å². The van der Waals surface area contributed by atoms with Crippen LogP contribution in [0.2, 0.25) is 0 Å². The van der Waals surface area contributed by atoms with E-state index in [0.717, 1.165) is 15.9 Å². The third-order valence-electron chi connectivity index (χ3n) is 5.16. The van der Waals surface area contributed by atoms with E-state index < -0.39 is 30.0 Å². The number of hydrogen-bond acceptors (Lipinski definition) is 7. The first-order valence-corrected chi connectivity index (χ1v) is 9.13. The van der Waals surface area contributed by atoms with Crippen LogP contribution in [0.15, 0.2) is 21.8 Å². The molecule has 29 heavy (non-hydrogen) atoms. The van der Waals surface area contributed by atoms with Crippen molar-refractivity contribution in [2.45, 2.75) is 44.7 Å². The van der Waals surface area contributed by atoms with Gasteiger partial charge < -0.3 is 19.0 Å². The normalized spacial score (nSPS) is 22.7.